The number of fused-ring (bicyclic) bond motifs is 1. The van der Waals surface area contributed by atoms with Crippen LogP contribution < -0.4 is 0 Å². The highest BCUT2D eigenvalue weighted by Gasteiger charge is 2.64. The van der Waals surface area contributed by atoms with E-state index in [1.165, 1.54) is 0 Å². The van der Waals surface area contributed by atoms with Crippen LogP contribution in [-0.4, -0.2) is 86.0 Å². The van der Waals surface area contributed by atoms with Crippen molar-refractivity contribution >= 4 is 11.8 Å². The van der Waals surface area contributed by atoms with Crippen molar-refractivity contribution in [2.75, 3.05) is 59.5 Å². The summed E-state index contributed by atoms with van der Waals surface area (Å²) in [6.07, 6.45) is 2.26. The Morgan fingerprint density at radius 1 is 1.06 bits per heavy atom. The van der Waals surface area contributed by atoms with Gasteiger partial charge >= 0.3 is 0 Å². The molecule has 1 aromatic rings. The fraction of sp³-hybridized carbons (Fsp3) is 0.652. The lowest BCUT2D eigenvalue weighted by Gasteiger charge is -2.47. The molecule has 3 aliphatic rings. The summed E-state index contributed by atoms with van der Waals surface area (Å²) in [7, 11) is 1.68. The number of carbonyl (C=O) groups excluding carboxylic acids is 2. The van der Waals surface area contributed by atoms with Gasteiger partial charge in [0, 0.05) is 70.0 Å². The lowest BCUT2D eigenvalue weighted by molar-refractivity contribution is -0.141. The number of benzene rings is 1. The second-order valence-electron chi connectivity index (χ2n) is 9.15. The van der Waals surface area contributed by atoms with E-state index in [4.69, 9.17) is 4.74 Å². The number of likely N-dealkylation sites (tertiary alicyclic amines) is 3. The molecule has 0 aromatic heterocycles. The number of rotatable bonds is 5. The van der Waals surface area contributed by atoms with Crippen LogP contribution in [-0.2, 0) is 9.53 Å². The maximum Gasteiger partial charge on any atom is 0.254 e. The number of hydrogen-bond donors (Lipinski definition) is 0. The molecule has 1 atom stereocenters. The smallest absolute Gasteiger partial charge is 0.254 e. The first kappa shape index (κ1) is 22.1. The number of halogens is 2. The Morgan fingerprint density at radius 2 is 1.74 bits per heavy atom. The summed E-state index contributed by atoms with van der Waals surface area (Å²) in [6, 6.07) is 2.93. The van der Waals surface area contributed by atoms with Crippen molar-refractivity contribution in [1.82, 2.24) is 14.7 Å². The molecule has 0 saturated carbocycles. The van der Waals surface area contributed by atoms with Gasteiger partial charge in [0.25, 0.3) is 5.91 Å². The molecule has 0 aliphatic carbocycles. The summed E-state index contributed by atoms with van der Waals surface area (Å²) >= 11 is 0. The van der Waals surface area contributed by atoms with Crippen molar-refractivity contribution < 1.29 is 23.1 Å². The Hall–Kier alpha value is -2.06. The van der Waals surface area contributed by atoms with Crippen LogP contribution in [0.5, 0.6) is 0 Å². The van der Waals surface area contributed by atoms with E-state index in [0.29, 0.717) is 39.1 Å². The molecule has 0 N–H and O–H groups in total. The number of hydrogen-bond acceptors (Lipinski definition) is 4. The molecule has 3 saturated heterocycles. The molecule has 0 radical (unpaired) electrons. The molecule has 4 rings (SSSR count). The minimum Gasteiger partial charge on any atom is -0.383 e. The van der Waals surface area contributed by atoms with Gasteiger partial charge in [-0.1, -0.05) is 0 Å². The maximum atomic E-state index is 13.6. The number of carbonyl (C=O) groups is 2. The topological polar surface area (TPSA) is 53.1 Å². The average Bonchev–Trinajstić information content (AvgIpc) is 3.23. The van der Waals surface area contributed by atoms with Gasteiger partial charge in [-0.05, 0) is 38.3 Å². The zero-order chi connectivity index (χ0) is 22.2. The summed E-state index contributed by atoms with van der Waals surface area (Å²) in [5, 5.41) is 0. The Kier molecular flexibility index (Phi) is 6.05. The molecule has 3 heterocycles. The zero-order valence-electron chi connectivity index (χ0n) is 18.3. The third kappa shape index (κ3) is 3.74. The van der Waals surface area contributed by atoms with Crippen LogP contribution in [0.25, 0.3) is 0 Å². The molecule has 3 aliphatic heterocycles. The van der Waals surface area contributed by atoms with Gasteiger partial charge in [0.2, 0.25) is 5.91 Å². The molecule has 1 aromatic carbocycles. The van der Waals surface area contributed by atoms with E-state index in [0.717, 1.165) is 50.8 Å². The Balaban J connectivity index is 1.54. The van der Waals surface area contributed by atoms with Crippen LogP contribution in [0.4, 0.5) is 8.78 Å². The second-order valence-corrected chi connectivity index (χ2v) is 9.15. The lowest BCUT2D eigenvalue weighted by Crippen LogP contribution is -2.53. The second kappa shape index (κ2) is 8.47. The van der Waals surface area contributed by atoms with Crippen LogP contribution in [0.3, 0.4) is 0 Å². The van der Waals surface area contributed by atoms with Crippen LogP contribution in [0.2, 0.25) is 0 Å². The van der Waals surface area contributed by atoms with Crippen LogP contribution >= 0.6 is 0 Å². The average molecular weight is 436 g/mol. The fourth-order valence-electron chi connectivity index (χ4n) is 5.97. The summed E-state index contributed by atoms with van der Waals surface area (Å²) in [5.74, 6) is -1.63. The molecular formula is C23H31F2N3O3. The van der Waals surface area contributed by atoms with Crippen molar-refractivity contribution in [3.8, 4) is 0 Å². The fourth-order valence-corrected chi connectivity index (χ4v) is 5.97. The highest BCUT2D eigenvalue weighted by Crippen LogP contribution is 2.57. The van der Waals surface area contributed by atoms with E-state index in [1.807, 2.05) is 11.8 Å². The first-order valence-corrected chi connectivity index (χ1v) is 11.1. The van der Waals surface area contributed by atoms with Crippen LogP contribution in [0.1, 0.15) is 36.5 Å². The van der Waals surface area contributed by atoms with Crippen LogP contribution in [0.15, 0.2) is 18.2 Å². The summed E-state index contributed by atoms with van der Waals surface area (Å²) in [5.41, 5.74) is -0.576. The highest BCUT2D eigenvalue weighted by molar-refractivity contribution is 5.94. The monoisotopic (exact) mass is 435 g/mol. The predicted molar refractivity (Wildman–Crippen MR) is 112 cm³/mol. The molecule has 2 amide bonds. The normalized spacial score (nSPS) is 25.9. The first-order chi connectivity index (χ1) is 14.8. The van der Waals surface area contributed by atoms with Gasteiger partial charge in [-0.3, -0.25) is 14.5 Å². The number of amides is 2. The molecule has 170 valence electrons. The van der Waals surface area contributed by atoms with Crippen LogP contribution in [0, 0.1) is 22.5 Å². The van der Waals surface area contributed by atoms with Crippen molar-refractivity contribution in [3.63, 3.8) is 0 Å². The number of nitrogens with zero attached hydrogens (tertiary/aromatic N) is 3. The Labute approximate surface area is 182 Å². The summed E-state index contributed by atoms with van der Waals surface area (Å²) < 4.78 is 32.4. The van der Waals surface area contributed by atoms with E-state index in [2.05, 4.69) is 4.90 Å². The van der Waals surface area contributed by atoms with Gasteiger partial charge in [-0.15, -0.1) is 0 Å². The maximum absolute atomic E-state index is 13.6. The van der Waals surface area contributed by atoms with Gasteiger partial charge in [0.05, 0.1) is 12.0 Å². The minimum atomic E-state index is -0.753. The third-order valence-corrected chi connectivity index (χ3v) is 7.65. The molecular weight excluding hydrogens is 404 g/mol. The Morgan fingerprint density at radius 3 is 2.32 bits per heavy atom. The van der Waals surface area contributed by atoms with Gasteiger partial charge < -0.3 is 14.5 Å². The van der Waals surface area contributed by atoms with Crippen molar-refractivity contribution in [2.45, 2.75) is 26.2 Å². The lowest BCUT2D eigenvalue weighted by atomic mass is 9.60. The van der Waals surface area contributed by atoms with E-state index < -0.39 is 17.0 Å². The number of methoxy groups -OCH3 is 1. The van der Waals surface area contributed by atoms with E-state index in [9.17, 15) is 18.4 Å². The van der Waals surface area contributed by atoms with Gasteiger partial charge in [-0.2, -0.15) is 0 Å². The van der Waals surface area contributed by atoms with Gasteiger partial charge in [-0.25, -0.2) is 8.78 Å². The molecule has 6 nitrogen and oxygen atoms in total. The zero-order valence-corrected chi connectivity index (χ0v) is 18.3. The van der Waals surface area contributed by atoms with Crippen molar-refractivity contribution in [3.05, 3.63) is 35.4 Å². The van der Waals surface area contributed by atoms with E-state index in [-0.39, 0.29) is 22.8 Å². The van der Waals surface area contributed by atoms with Gasteiger partial charge in [0.15, 0.2) is 0 Å². The minimum absolute atomic E-state index is 0.0328. The largest absolute Gasteiger partial charge is 0.383 e. The molecule has 8 heteroatoms. The highest BCUT2D eigenvalue weighted by atomic mass is 19.1. The number of piperidine rings is 1. The summed E-state index contributed by atoms with van der Waals surface area (Å²) in [6.45, 7) is 7.42. The first-order valence-electron chi connectivity index (χ1n) is 11.1. The summed E-state index contributed by atoms with van der Waals surface area (Å²) in [4.78, 5) is 32.3. The standard InChI is InChI=1S/C23H31F2N3O3/c1-3-27-9-6-23(21(27)30)16-26(10-11-31-2)15-22(23)4-7-28(8-5-22)20(29)17-12-18(24)14-19(25)13-17/h12-14H,3-11,15-16H2,1-2H3/t23-/m1/s1. The molecule has 3 fully saturated rings. The van der Waals surface area contributed by atoms with E-state index in [1.54, 1.807) is 12.0 Å². The van der Waals surface area contributed by atoms with E-state index >= 15 is 0 Å². The predicted octanol–water partition coefficient (Wildman–Crippen LogP) is 2.39. The van der Waals surface area contributed by atoms with Crippen molar-refractivity contribution in [2.24, 2.45) is 10.8 Å². The number of ether oxygens (including phenoxy) is 1. The molecule has 0 bridgehead atoms. The van der Waals surface area contributed by atoms with Crippen molar-refractivity contribution in [1.29, 1.82) is 0 Å². The Bertz CT molecular complexity index is 836. The molecule has 2 spiro atoms. The molecule has 31 heavy (non-hydrogen) atoms. The quantitative estimate of drug-likeness (QED) is 0.713. The third-order valence-electron chi connectivity index (χ3n) is 7.65. The molecule has 0 unspecified atom stereocenters. The van der Waals surface area contributed by atoms with Gasteiger partial charge in [0.1, 0.15) is 11.6 Å². The SMILES string of the molecule is CCN1CC[C@@]2(CN(CCOC)CC23CCN(C(=O)c2cc(F)cc(F)c2)CC3)C1=O.